The fourth-order valence-electron chi connectivity index (χ4n) is 2.52. The van der Waals surface area contributed by atoms with Gasteiger partial charge in [0.15, 0.2) is 10.9 Å². The number of hydrogen-bond donors (Lipinski definition) is 1. The number of guanidine groups is 1. The van der Waals surface area contributed by atoms with Crippen LogP contribution in [0.1, 0.15) is 18.3 Å². The Morgan fingerprint density at radius 3 is 2.88 bits per heavy atom. The fraction of sp³-hybridized carbons (Fsp3) is 0.375. The molecule has 1 N–H and O–H groups in total. The van der Waals surface area contributed by atoms with E-state index in [9.17, 15) is 0 Å². The van der Waals surface area contributed by atoms with Crippen molar-refractivity contribution in [3.05, 3.63) is 46.4 Å². The van der Waals surface area contributed by atoms with E-state index in [2.05, 4.69) is 22.1 Å². The van der Waals surface area contributed by atoms with Crippen LogP contribution in [-0.2, 0) is 20.1 Å². The first-order valence-electron chi connectivity index (χ1n) is 7.78. The zero-order valence-corrected chi connectivity index (χ0v) is 18.3. The summed E-state index contributed by atoms with van der Waals surface area (Å²) >= 11 is 7.69. The minimum Gasteiger partial charge on any atom is -0.357 e. The topological polar surface area (TPSA) is 49.9 Å². The van der Waals surface area contributed by atoms with Gasteiger partial charge in [-0.05, 0) is 13.0 Å². The number of hydrogen-bond acceptors (Lipinski definition) is 3. The van der Waals surface area contributed by atoms with E-state index in [-0.39, 0.29) is 24.0 Å². The number of nitrogens with one attached hydrogen (secondary N) is 1. The number of rotatable bonds is 5. The van der Waals surface area contributed by atoms with E-state index in [4.69, 9.17) is 16.6 Å². The largest absolute Gasteiger partial charge is 0.357 e. The molecule has 0 unspecified atom stereocenters. The molecule has 0 bridgehead atoms. The molecule has 0 fully saturated rings. The van der Waals surface area contributed by atoms with Crippen LogP contribution in [0, 0.1) is 0 Å². The Balaban J connectivity index is 0.00000225. The van der Waals surface area contributed by atoms with Crippen LogP contribution in [-0.4, -0.2) is 38.4 Å². The standard InChI is InChI=1S/C16H21ClN6S.HI/c1-4-18-15(22(3)11-14-7-12(17)9-21(14)2)19-8-13-10-23-5-6-24-16(23)20-13;/h5-7,9-10H,4,8,11H2,1-3H3,(H,18,19);1H. The van der Waals surface area contributed by atoms with Crippen molar-refractivity contribution in [2.75, 3.05) is 13.6 Å². The molecule has 3 rings (SSSR count). The average Bonchev–Trinajstić information content (AvgIpc) is 3.18. The second-order valence-corrected chi connectivity index (χ2v) is 6.92. The predicted molar refractivity (Wildman–Crippen MR) is 115 cm³/mol. The summed E-state index contributed by atoms with van der Waals surface area (Å²) in [4.78, 5) is 12.4. The van der Waals surface area contributed by atoms with Crippen molar-refractivity contribution in [1.82, 2.24) is 24.2 Å². The highest BCUT2D eigenvalue weighted by Gasteiger charge is 2.10. The Morgan fingerprint density at radius 1 is 1.44 bits per heavy atom. The summed E-state index contributed by atoms with van der Waals surface area (Å²) in [6.07, 6.45) is 5.94. The van der Waals surface area contributed by atoms with Gasteiger partial charge in [0.05, 0.1) is 23.8 Å². The number of halogens is 2. The monoisotopic (exact) mass is 492 g/mol. The van der Waals surface area contributed by atoms with Crippen molar-refractivity contribution >= 4 is 57.8 Å². The van der Waals surface area contributed by atoms with Gasteiger partial charge in [-0.2, -0.15) is 0 Å². The summed E-state index contributed by atoms with van der Waals surface area (Å²) in [7, 11) is 4.02. The second-order valence-electron chi connectivity index (χ2n) is 5.61. The Hall–Kier alpha value is -1.26. The molecule has 0 saturated carbocycles. The molecule has 0 amide bonds. The molecule has 0 aromatic carbocycles. The number of fused-ring (bicyclic) bond motifs is 1. The highest BCUT2D eigenvalue weighted by atomic mass is 127. The van der Waals surface area contributed by atoms with Gasteiger partial charge in [-0.1, -0.05) is 11.6 Å². The molecule has 3 aromatic heterocycles. The zero-order chi connectivity index (χ0) is 17.1. The molecule has 6 nitrogen and oxygen atoms in total. The SMILES string of the molecule is CCNC(=NCc1cn2ccsc2n1)N(C)Cc1cc(Cl)cn1C.I. The smallest absolute Gasteiger partial charge is 0.194 e. The Morgan fingerprint density at radius 2 is 2.24 bits per heavy atom. The van der Waals surface area contributed by atoms with Gasteiger partial charge < -0.3 is 14.8 Å². The van der Waals surface area contributed by atoms with Gasteiger partial charge in [-0.3, -0.25) is 4.40 Å². The van der Waals surface area contributed by atoms with E-state index < -0.39 is 0 Å². The van der Waals surface area contributed by atoms with E-state index in [0.717, 1.165) is 40.4 Å². The molecule has 3 aromatic rings. The average molecular weight is 493 g/mol. The Bertz CT molecular complexity index is 823. The van der Waals surface area contributed by atoms with Crippen LogP contribution in [0.3, 0.4) is 0 Å². The molecule has 25 heavy (non-hydrogen) atoms. The van der Waals surface area contributed by atoms with E-state index in [1.807, 2.05) is 53.1 Å². The molecule has 0 aliphatic heterocycles. The quantitative estimate of drug-likeness (QED) is 0.336. The van der Waals surface area contributed by atoms with Crippen LogP contribution in [0.5, 0.6) is 0 Å². The summed E-state index contributed by atoms with van der Waals surface area (Å²) in [5.41, 5.74) is 2.10. The van der Waals surface area contributed by atoms with Crippen LogP contribution in [0.25, 0.3) is 4.96 Å². The van der Waals surface area contributed by atoms with Crippen LogP contribution in [0.2, 0.25) is 5.02 Å². The molecule has 136 valence electrons. The number of aromatic nitrogens is 3. The molecule has 0 aliphatic rings. The lowest BCUT2D eigenvalue weighted by Crippen LogP contribution is -2.38. The third kappa shape index (κ3) is 4.89. The van der Waals surface area contributed by atoms with Crippen molar-refractivity contribution in [3.63, 3.8) is 0 Å². The molecule has 0 aliphatic carbocycles. The van der Waals surface area contributed by atoms with Gasteiger partial charge in [0, 0.05) is 50.3 Å². The normalized spacial score (nSPS) is 11.6. The van der Waals surface area contributed by atoms with Gasteiger partial charge in [0.2, 0.25) is 0 Å². The molecular formula is C16H22ClIN6S. The van der Waals surface area contributed by atoms with Crippen LogP contribution < -0.4 is 5.32 Å². The van der Waals surface area contributed by atoms with E-state index in [1.54, 1.807) is 11.3 Å². The van der Waals surface area contributed by atoms with E-state index in [0.29, 0.717) is 6.54 Å². The fourth-order valence-corrected chi connectivity index (χ4v) is 3.51. The third-order valence-electron chi connectivity index (χ3n) is 3.70. The molecule has 0 saturated heterocycles. The first-order chi connectivity index (χ1) is 11.6. The van der Waals surface area contributed by atoms with Crippen molar-refractivity contribution in [2.45, 2.75) is 20.0 Å². The van der Waals surface area contributed by atoms with Gasteiger partial charge in [-0.15, -0.1) is 35.3 Å². The molecule has 3 heterocycles. The highest BCUT2D eigenvalue weighted by molar-refractivity contribution is 14.0. The van der Waals surface area contributed by atoms with Gasteiger partial charge in [-0.25, -0.2) is 9.98 Å². The van der Waals surface area contributed by atoms with Crippen LogP contribution in [0.15, 0.2) is 35.0 Å². The molecular weight excluding hydrogens is 471 g/mol. The van der Waals surface area contributed by atoms with Crippen molar-refractivity contribution in [1.29, 1.82) is 0 Å². The number of aliphatic imine (C=N–C) groups is 1. The first kappa shape index (κ1) is 20.1. The maximum Gasteiger partial charge on any atom is 0.194 e. The van der Waals surface area contributed by atoms with Gasteiger partial charge in [0.1, 0.15) is 0 Å². The number of nitrogens with zero attached hydrogens (tertiary/aromatic N) is 5. The molecule has 0 atom stereocenters. The predicted octanol–water partition coefficient (Wildman–Crippen LogP) is 3.60. The maximum atomic E-state index is 6.06. The van der Waals surface area contributed by atoms with Gasteiger partial charge in [0.25, 0.3) is 0 Å². The summed E-state index contributed by atoms with van der Waals surface area (Å²) in [5, 5.41) is 6.11. The summed E-state index contributed by atoms with van der Waals surface area (Å²) in [6, 6.07) is 1.98. The second kappa shape index (κ2) is 8.91. The first-order valence-corrected chi connectivity index (χ1v) is 9.04. The Kier molecular flexibility index (Phi) is 7.14. The number of aryl methyl sites for hydroxylation is 1. The van der Waals surface area contributed by atoms with Crippen molar-refractivity contribution in [3.8, 4) is 0 Å². The maximum absolute atomic E-state index is 6.06. The summed E-state index contributed by atoms with van der Waals surface area (Å²) < 4.78 is 4.06. The molecule has 0 spiro atoms. The van der Waals surface area contributed by atoms with Crippen molar-refractivity contribution in [2.24, 2.45) is 12.0 Å². The number of thiazole rings is 1. The minimum atomic E-state index is 0. The lowest BCUT2D eigenvalue weighted by molar-refractivity contribution is 0.461. The molecule has 0 radical (unpaired) electrons. The van der Waals surface area contributed by atoms with Crippen LogP contribution in [0.4, 0.5) is 0 Å². The minimum absolute atomic E-state index is 0. The van der Waals surface area contributed by atoms with Gasteiger partial charge >= 0.3 is 0 Å². The molecule has 9 heteroatoms. The van der Waals surface area contributed by atoms with E-state index in [1.165, 1.54) is 0 Å². The lowest BCUT2D eigenvalue weighted by Gasteiger charge is -2.22. The summed E-state index contributed by atoms with van der Waals surface area (Å²) in [6.45, 7) is 4.16. The highest BCUT2D eigenvalue weighted by Crippen LogP contribution is 2.15. The number of imidazole rings is 1. The van der Waals surface area contributed by atoms with Crippen molar-refractivity contribution < 1.29 is 0 Å². The Labute approximate surface area is 173 Å². The van der Waals surface area contributed by atoms with Crippen LogP contribution >= 0.6 is 46.9 Å². The summed E-state index contributed by atoms with van der Waals surface area (Å²) in [5.74, 6) is 0.853. The lowest BCUT2D eigenvalue weighted by atomic mass is 10.4. The third-order valence-corrected chi connectivity index (χ3v) is 4.68. The van der Waals surface area contributed by atoms with E-state index >= 15 is 0 Å². The zero-order valence-electron chi connectivity index (χ0n) is 14.4.